The van der Waals surface area contributed by atoms with Crippen molar-refractivity contribution in [1.29, 1.82) is 0 Å². The Kier molecular flexibility index (Phi) is 4.69. The summed E-state index contributed by atoms with van der Waals surface area (Å²) in [6.45, 7) is 0.501. The smallest absolute Gasteiger partial charge is 0.322 e. The molecule has 1 saturated carbocycles. The second kappa shape index (κ2) is 7.08. The topological polar surface area (TPSA) is 120 Å². The van der Waals surface area contributed by atoms with Gasteiger partial charge in [-0.05, 0) is 50.9 Å². The van der Waals surface area contributed by atoms with E-state index in [4.69, 9.17) is 14.6 Å². The van der Waals surface area contributed by atoms with Gasteiger partial charge in [0.2, 0.25) is 5.91 Å². The summed E-state index contributed by atoms with van der Waals surface area (Å²) in [6.07, 6.45) is 2.96. The van der Waals surface area contributed by atoms with Crippen LogP contribution in [0.5, 0.6) is 11.5 Å². The van der Waals surface area contributed by atoms with E-state index in [-0.39, 0.29) is 36.4 Å². The number of nitrogens with one attached hydrogen (secondary N) is 2. The summed E-state index contributed by atoms with van der Waals surface area (Å²) >= 11 is 0. The average molecular weight is 431 g/mol. The van der Waals surface area contributed by atoms with Crippen LogP contribution in [-0.4, -0.2) is 84.6 Å². The summed E-state index contributed by atoms with van der Waals surface area (Å²) in [7, 11) is 3.93. The van der Waals surface area contributed by atoms with Crippen molar-refractivity contribution in [3.63, 3.8) is 0 Å². The molecule has 4 N–H and O–H groups in total. The molecular formula is C22H29N3O6. The maximum absolute atomic E-state index is 12.1. The highest BCUT2D eigenvalue weighted by Gasteiger charge is 2.73. The molecule has 0 aromatic heterocycles. The number of rotatable bonds is 6. The standard InChI is InChI=1S/C22H29N3O6/c1-25-8-7-21-18-12-3-4-14(26)19(18)31-20(21)13(23-10-16(27)24-11-17(28)29)5-6-22(21,30-2)15(25)9-12/h3-4,13,15,20,23,26H,5-11H2,1-2H3,(H,24,27)(H,28,29)/t13-,15-,20+,21+,22-/m1/s1. The van der Waals surface area contributed by atoms with Gasteiger partial charge in [-0.1, -0.05) is 6.07 Å². The molecule has 31 heavy (non-hydrogen) atoms. The highest BCUT2D eigenvalue weighted by Crippen LogP contribution is 2.66. The van der Waals surface area contributed by atoms with Crippen molar-refractivity contribution in [3.8, 4) is 11.5 Å². The van der Waals surface area contributed by atoms with Gasteiger partial charge in [-0.2, -0.15) is 0 Å². The number of hydrogen-bond donors (Lipinski definition) is 4. The highest BCUT2D eigenvalue weighted by molar-refractivity contribution is 5.82. The quantitative estimate of drug-likeness (QED) is 0.497. The molecular weight excluding hydrogens is 402 g/mol. The number of nitrogens with zero attached hydrogens (tertiary/aromatic N) is 1. The number of methoxy groups -OCH3 is 1. The molecule has 0 unspecified atom stereocenters. The van der Waals surface area contributed by atoms with Gasteiger partial charge in [0.1, 0.15) is 12.6 Å². The molecule has 1 saturated heterocycles. The molecule has 1 aromatic carbocycles. The molecule has 2 heterocycles. The van der Waals surface area contributed by atoms with Crippen LogP contribution in [0.1, 0.15) is 30.4 Å². The minimum absolute atomic E-state index is 0.00633. The number of carbonyl (C=O) groups is 2. The molecule has 0 radical (unpaired) electrons. The number of carboxylic acid groups (broad SMARTS) is 1. The number of aromatic hydroxyl groups is 1. The van der Waals surface area contributed by atoms with Crippen LogP contribution in [0.2, 0.25) is 0 Å². The van der Waals surface area contributed by atoms with Crippen molar-refractivity contribution in [2.75, 3.05) is 33.8 Å². The second-order valence-corrected chi connectivity index (χ2v) is 9.20. The SMILES string of the molecule is CO[C@@]12CC[C@@H](NCC(=O)NCC(=O)O)[C@@H]3Oc4c(O)ccc5c4[C@@]31CCN(C)[C@@H]2C5. The maximum atomic E-state index is 12.1. The van der Waals surface area contributed by atoms with Gasteiger partial charge in [-0.25, -0.2) is 0 Å². The van der Waals surface area contributed by atoms with Gasteiger partial charge in [0.15, 0.2) is 11.5 Å². The maximum Gasteiger partial charge on any atom is 0.322 e. The summed E-state index contributed by atoms with van der Waals surface area (Å²) in [4.78, 5) is 25.2. The molecule has 5 rings (SSSR count). The molecule has 2 aliphatic heterocycles. The lowest BCUT2D eigenvalue weighted by atomic mass is 9.48. The normalized spacial score (nSPS) is 35.2. The predicted molar refractivity (Wildman–Crippen MR) is 110 cm³/mol. The van der Waals surface area contributed by atoms with E-state index in [1.807, 2.05) is 6.07 Å². The third kappa shape index (κ3) is 2.66. The van der Waals surface area contributed by atoms with Crippen molar-refractivity contribution in [1.82, 2.24) is 15.5 Å². The number of hydrogen-bond acceptors (Lipinski definition) is 7. The third-order valence-corrected chi connectivity index (χ3v) is 8.02. The van der Waals surface area contributed by atoms with E-state index in [2.05, 4.69) is 22.6 Å². The number of likely N-dealkylation sites (N-methyl/N-ethyl adjacent to an activating group) is 1. The van der Waals surface area contributed by atoms with Crippen molar-refractivity contribution in [3.05, 3.63) is 23.3 Å². The van der Waals surface area contributed by atoms with Crippen LogP contribution in [0.15, 0.2) is 12.1 Å². The molecule has 5 atom stereocenters. The van der Waals surface area contributed by atoms with Gasteiger partial charge < -0.3 is 35.2 Å². The number of amides is 1. The number of aliphatic carboxylic acids is 1. The van der Waals surface area contributed by atoms with Gasteiger partial charge in [0, 0.05) is 24.8 Å². The number of phenols is 1. The van der Waals surface area contributed by atoms with Crippen LogP contribution in [-0.2, 0) is 26.2 Å². The first-order valence-corrected chi connectivity index (χ1v) is 10.8. The van der Waals surface area contributed by atoms with E-state index in [1.165, 1.54) is 5.56 Å². The van der Waals surface area contributed by atoms with Crippen LogP contribution < -0.4 is 15.4 Å². The molecule has 168 valence electrons. The first-order valence-electron chi connectivity index (χ1n) is 10.8. The van der Waals surface area contributed by atoms with Gasteiger partial charge >= 0.3 is 5.97 Å². The van der Waals surface area contributed by atoms with Gasteiger partial charge in [-0.3, -0.25) is 9.59 Å². The molecule has 4 aliphatic rings. The highest BCUT2D eigenvalue weighted by atomic mass is 16.5. The monoisotopic (exact) mass is 431 g/mol. The van der Waals surface area contributed by atoms with Crippen LogP contribution in [0.4, 0.5) is 0 Å². The van der Waals surface area contributed by atoms with Crippen LogP contribution in [0.25, 0.3) is 0 Å². The van der Waals surface area contributed by atoms with Crippen molar-refractivity contribution in [2.45, 2.75) is 54.9 Å². The Morgan fingerprint density at radius 3 is 2.87 bits per heavy atom. The number of ether oxygens (including phenoxy) is 2. The molecule has 1 spiro atoms. The number of piperidine rings is 1. The van der Waals surface area contributed by atoms with Crippen molar-refractivity contribution < 1.29 is 29.3 Å². The lowest BCUT2D eigenvalue weighted by Gasteiger charge is -2.65. The summed E-state index contributed by atoms with van der Waals surface area (Å²) in [5.41, 5.74) is 1.43. The molecule has 9 heteroatoms. The summed E-state index contributed by atoms with van der Waals surface area (Å²) in [5, 5.41) is 25.1. The average Bonchev–Trinajstić information content (AvgIpc) is 3.11. The van der Waals surface area contributed by atoms with E-state index in [0.717, 1.165) is 37.8 Å². The number of carbonyl (C=O) groups excluding carboxylic acids is 1. The molecule has 9 nitrogen and oxygen atoms in total. The molecule has 2 aliphatic carbocycles. The van der Waals surface area contributed by atoms with Crippen molar-refractivity contribution in [2.24, 2.45) is 0 Å². The first kappa shape index (κ1) is 20.5. The fourth-order valence-electron chi connectivity index (χ4n) is 6.81. The zero-order valence-corrected chi connectivity index (χ0v) is 17.8. The lowest BCUT2D eigenvalue weighted by Crippen LogP contribution is -2.78. The Labute approximate surface area is 180 Å². The number of benzene rings is 1. The molecule has 1 aromatic rings. The Bertz CT molecular complexity index is 938. The number of phenolic OH excluding ortho intramolecular Hbond substituents is 1. The van der Waals surface area contributed by atoms with E-state index >= 15 is 0 Å². The van der Waals surface area contributed by atoms with Crippen molar-refractivity contribution >= 4 is 11.9 Å². The Hall–Kier alpha value is -2.36. The largest absolute Gasteiger partial charge is 0.504 e. The molecule has 2 bridgehead atoms. The second-order valence-electron chi connectivity index (χ2n) is 9.20. The summed E-state index contributed by atoms with van der Waals surface area (Å²) < 4.78 is 12.9. The zero-order valence-electron chi connectivity index (χ0n) is 17.8. The van der Waals surface area contributed by atoms with E-state index in [9.17, 15) is 14.7 Å². The minimum Gasteiger partial charge on any atom is -0.504 e. The third-order valence-electron chi connectivity index (χ3n) is 8.02. The van der Waals surface area contributed by atoms with Crippen LogP contribution in [0.3, 0.4) is 0 Å². The van der Waals surface area contributed by atoms with Gasteiger partial charge in [0.05, 0.1) is 17.6 Å². The minimum atomic E-state index is -1.08. The molecule has 1 amide bonds. The Balaban J connectivity index is 1.51. The Morgan fingerprint density at radius 2 is 2.13 bits per heavy atom. The summed E-state index contributed by atoms with van der Waals surface area (Å²) in [6, 6.07) is 3.80. The molecule has 2 fully saturated rings. The van der Waals surface area contributed by atoms with E-state index < -0.39 is 23.5 Å². The lowest BCUT2D eigenvalue weighted by molar-refractivity contribution is -0.203. The summed E-state index contributed by atoms with van der Waals surface area (Å²) in [5.74, 6) is -0.752. The van der Waals surface area contributed by atoms with Gasteiger partial charge in [0.25, 0.3) is 0 Å². The number of carboxylic acids is 1. The first-order chi connectivity index (χ1) is 14.8. The Morgan fingerprint density at radius 1 is 1.32 bits per heavy atom. The fraction of sp³-hybridized carbons (Fsp3) is 0.636. The van der Waals surface area contributed by atoms with Crippen LogP contribution in [0, 0.1) is 0 Å². The van der Waals surface area contributed by atoms with E-state index in [0.29, 0.717) is 5.75 Å². The van der Waals surface area contributed by atoms with Crippen LogP contribution >= 0.6 is 0 Å². The van der Waals surface area contributed by atoms with E-state index in [1.54, 1.807) is 13.2 Å². The zero-order chi connectivity index (χ0) is 22.0. The number of likely N-dealkylation sites (tertiary alicyclic amines) is 1. The fourth-order valence-corrected chi connectivity index (χ4v) is 6.81. The predicted octanol–water partition coefficient (Wildman–Crippen LogP) is -0.0108. The van der Waals surface area contributed by atoms with Gasteiger partial charge in [-0.15, -0.1) is 0 Å².